The summed E-state index contributed by atoms with van der Waals surface area (Å²) < 4.78 is 0. The molecule has 0 spiro atoms. The van der Waals surface area contributed by atoms with Crippen molar-refractivity contribution >= 4 is 6.08 Å². The molecule has 1 aromatic rings. The quantitative estimate of drug-likeness (QED) is 0.631. The predicted octanol–water partition coefficient (Wildman–Crippen LogP) is 1.71. The van der Waals surface area contributed by atoms with E-state index in [4.69, 9.17) is 0 Å². The van der Waals surface area contributed by atoms with Crippen molar-refractivity contribution in [3.63, 3.8) is 0 Å². The van der Waals surface area contributed by atoms with Crippen molar-refractivity contribution in [2.24, 2.45) is 0 Å². The van der Waals surface area contributed by atoms with Gasteiger partial charge in [-0.15, -0.1) is 0 Å². The van der Waals surface area contributed by atoms with Crippen molar-refractivity contribution in [1.82, 2.24) is 0 Å². The number of phenolic OH excluding ortho intramolecular Hbond substituents is 1. The molecule has 1 unspecified atom stereocenters. The van der Waals surface area contributed by atoms with Crippen molar-refractivity contribution in [3.05, 3.63) is 34.9 Å². The van der Waals surface area contributed by atoms with Gasteiger partial charge in [-0.05, 0) is 24.1 Å². The third kappa shape index (κ3) is 1.33. The van der Waals surface area contributed by atoms with Crippen LogP contribution >= 0.6 is 0 Å². The van der Waals surface area contributed by atoms with Crippen LogP contribution in [-0.4, -0.2) is 16.3 Å². The van der Waals surface area contributed by atoms with Gasteiger partial charge in [0.05, 0.1) is 6.10 Å². The summed E-state index contributed by atoms with van der Waals surface area (Å²) in [6.07, 6.45) is 1.99. The van der Waals surface area contributed by atoms with Gasteiger partial charge < -0.3 is 10.2 Å². The molecule has 2 heteroatoms. The van der Waals surface area contributed by atoms with Crippen LogP contribution < -0.4 is 0 Å². The van der Waals surface area contributed by atoms with Gasteiger partial charge >= 0.3 is 0 Å². The minimum Gasteiger partial charge on any atom is -0.508 e. The Morgan fingerprint density at radius 2 is 2.15 bits per heavy atom. The molecule has 1 aliphatic rings. The van der Waals surface area contributed by atoms with Crippen molar-refractivity contribution < 1.29 is 10.2 Å². The average molecular weight is 176 g/mol. The standard InChI is InChI=1S/C11H12O2/c1-7-5-8-3-2-4-10(12)9(8)6-11(7)13/h2-5,11-13H,6H2,1H3. The Morgan fingerprint density at radius 3 is 2.92 bits per heavy atom. The fraction of sp³-hybridized carbons (Fsp3) is 0.273. The molecule has 1 aromatic carbocycles. The van der Waals surface area contributed by atoms with Gasteiger partial charge in [0.15, 0.2) is 0 Å². The summed E-state index contributed by atoms with van der Waals surface area (Å²) in [5, 5.41) is 19.1. The summed E-state index contributed by atoms with van der Waals surface area (Å²) in [4.78, 5) is 0. The fourth-order valence-electron chi connectivity index (χ4n) is 1.65. The lowest BCUT2D eigenvalue weighted by Gasteiger charge is -2.20. The smallest absolute Gasteiger partial charge is 0.119 e. The van der Waals surface area contributed by atoms with Gasteiger partial charge in [-0.1, -0.05) is 18.2 Å². The van der Waals surface area contributed by atoms with Gasteiger partial charge in [0.2, 0.25) is 0 Å². The molecule has 1 atom stereocenters. The third-order valence-electron chi connectivity index (χ3n) is 2.49. The molecular formula is C11H12O2. The molecule has 2 nitrogen and oxygen atoms in total. The molecule has 0 fully saturated rings. The zero-order chi connectivity index (χ0) is 9.42. The number of aliphatic hydroxyl groups is 1. The largest absolute Gasteiger partial charge is 0.508 e. The van der Waals surface area contributed by atoms with E-state index < -0.39 is 6.10 Å². The van der Waals surface area contributed by atoms with Gasteiger partial charge in [-0.3, -0.25) is 0 Å². The highest BCUT2D eigenvalue weighted by molar-refractivity contribution is 5.63. The Balaban J connectivity index is 2.56. The third-order valence-corrected chi connectivity index (χ3v) is 2.49. The van der Waals surface area contributed by atoms with Gasteiger partial charge in [0.25, 0.3) is 0 Å². The van der Waals surface area contributed by atoms with Gasteiger partial charge in [-0.25, -0.2) is 0 Å². The normalized spacial score (nSPS) is 20.8. The van der Waals surface area contributed by atoms with E-state index in [0.717, 1.165) is 16.7 Å². The number of benzene rings is 1. The zero-order valence-corrected chi connectivity index (χ0v) is 7.49. The highest BCUT2D eigenvalue weighted by Gasteiger charge is 2.18. The van der Waals surface area contributed by atoms with Crippen LogP contribution in [0.15, 0.2) is 23.8 Å². The van der Waals surface area contributed by atoms with Crippen molar-refractivity contribution in [2.45, 2.75) is 19.4 Å². The number of rotatable bonds is 0. The first-order valence-electron chi connectivity index (χ1n) is 4.35. The van der Waals surface area contributed by atoms with E-state index in [1.165, 1.54) is 0 Å². The maximum Gasteiger partial charge on any atom is 0.119 e. The van der Waals surface area contributed by atoms with E-state index in [0.29, 0.717) is 6.42 Å². The van der Waals surface area contributed by atoms with Crippen LogP contribution in [0.5, 0.6) is 5.75 Å². The molecule has 68 valence electrons. The molecule has 0 aromatic heterocycles. The first-order chi connectivity index (χ1) is 6.18. The molecule has 13 heavy (non-hydrogen) atoms. The van der Waals surface area contributed by atoms with Gasteiger partial charge in [0, 0.05) is 12.0 Å². The van der Waals surface area contributed by atoms with E-state index in [9.17, 15) is 10.2 Å². The second-order valence-electron chi connectivity index (χ2n) is 3.45. The second kappa shape index (κ2) is 2.89. The van der Waals surface area contributed by atoms with E-state index in [-0.39, 0.29) is 5.75 Å². The number of phenols is 1. The predicted molar refractivity (Wildman–Crippen MR) is 51.5 cm³/mol. The molecule has 1 aliphatic carbocycles. The van der Waals surface area contributed by atoms with Crippen molar-refractivity contribution in [3.8, 4) is 5.75 Å². The Kier molecular flexibility index (Phi) is 1.85. The maximum absolute atomic E-state index is 9.57. The lowest BCUT2D eigenvalue weighted by molar-refractivity contribution is 0.209. The average Bonchev–Trinajstić information content (AvgIpc) is 2.09. The van der Waals surface area contributed by atoms with E-state index in [2.05, 4.69) is 0 Å². The van der Waals surface area contributed by atoms with Crippen LogP contribution in [0, 0.1) is 0 Å². The first kappa shape index (κ1) is 8.32. The summed E-state index contributed by atoms with van der Waals surface area (Å²) >= 11 is 0. The molecule has 2 N–H and O–H groups in total. The number of aromatic hydroxyl groups is 1. The Hall–Kier alpha value is -1.28. The van der Waals surface area contributed by atoms with E-state index in [1.54, 1.807) is 6.07 Å². The molecule has 0 bridgehead atoms. The minimum absolute atomic E-state index is 0.278. The van der Waals surface area contributed by atoms with Crippen LogP contribution in [0.2, 0.25) is 0 Å². The molecule has 0 amide bonds. The summed E-state index contributed by atoms with van der Waals surface area (Å²) in [5.41, 5.74) is 2.82. The molecular weight excluding hydrogens is 164 g/mol. The van der Waals surface area contributed by atoms with Gasteiger partial charge in [-0.2, -0.15) is 0 Å². The van der Waals surface area contributed by atoms with Crippen LogP contribution in [0.25, 0.3) is 6.08 Å². The summed E-state index contributed by atoms with van der Waals surface area (Å²) in [6, 6.07) is 5.42. The van der Waals surface area contributed by atoms with Crippen LogP contribution in [0.4, 0.5) is 0 Å². The van der Waals surface area contributed by atoms with Gasteiger partial charge in [0.1, 0.15) is 5.75 Å². The lowest BCUT2D eigenvalue weighted by Crippen LogP contribution is -2.16. The molecule has 0 heterocycles. The summed E-state index contributed by atoms with van der Waals surface area (Å²) in [5.74, 6) is 0.278. The summed E-state index contributed by atoms with van der Waals surface area (Å²) in [6.45, 7) is 1.90. The van der Waals surface area contributed by atoms with Crippen molar-refractivity contribution in [1.29, 1.82) is 0 Å². The van der Waals surface area contributed by atoms with Crippen molar-refractivity contribution in [2.75, 3.05) is 0 Å². The second-order valence-corrected chi connectivity index (χ2v) is 3.45. The zero-order valence-electron chi connectivity index (χ0n) is 7.49. The van der Waals surface area contributed by atoms with Crippen LogP contribution in [0.3, 0.4) is 0 Å². The number of aliphatic hydroxyl groups excluding tert-OH is 1. The monoisotopic (exact) mass is 176 g/mol. The number of hydrogen-bond acceptors (Lipinski definition) is 2. The Bertz CT molecular complexity index is 366. The van der Waals surface area contributed by atoms with Crippen LogP contribution in [-0.2, 0) is 6.42 Å². The van der Waals surface area contributed by atoms with Crippen LogP contribution in [0.1, 0.15) is 18.1 Å². The van der Waals surface area contributed by atoms with E-state index in [1.807, 2.05) is 25.1 Å². The topological polar surface area (TPSA) is 40.5 Å². The molecule has 0 aliphatic heterocycles. The molecule has 0 radical (unpaired) electrons. The number of fused-ring (bicyclic) bond motifs is 1. The highest BCUT2D eigenvalue weighted by Crippen LogP contribution is 2.29. The summed E-state index contributed by atoms with van der Waals surface area (Å²) in [7, 11) is 0. The molecule has 2 rings (SSSR count). The molecule has 0 saturated carbocycles. The Morgan fingerprint density at radius 1 is 1.38 bits per heavy atom. The van der Waals surface area contributed by atoms with E-state index >= 15 is 0 Å². The lowest BCUT2D eigenvalue weighted by atomic mass is 9.90. The number of hydrogen-bond donors (Lipinski definition) is 2. The Labute approximate surface area is 77.1 Å². The molecule has 0 saturated heterocycles. The first-order valence-corrected chi connectivity index (χ1v) is 4.35. The highest BCUT2D eigenvalue weighted by atomic mass is 16.3. The SMILES string of the molecule is CC1=Cc2cccc(O)c2CC1O. The maximum atomic E-state index is 9.57. The minimum atomic E-state index is -0.444. The fourth-order valence-corrected chi connectivity index (χ4v) is 1.65.